The summed E-state index contributed by atoms with van der Waals surface area (Å²) in [6.07, 6.45) is 2.69. The highest BCUT2D eigenvalue weighted by molar-refractivity contribution is 7.90. The van der Waals surface area contributed by atoms with Crippen LogP contribution in [0, 0.1) is 5.92 Å². The Balaban J connectivity index is 2.73. The number of hydrogen-bond donors (Lipinski definition) is 1. The lowest BCUT2D eigenvalue weighted by atomic mass is 10.2. The zero-order valence-corrected chi connectivity index (χ0v) is 10.0. The second-order valence-corrected chi connectivity index (χ2v) is 5.89. The van der Waals surface area contributed by atoms with E-state index in [0.717, 1.165) is 18.5 Å². The third-order valence-electron chi connectivity index (χ3n) is 1.83. The Morgan fingerprint density at radius 3 is 2.47 bits per heavy atom. The summed E-state index contributed by atoms with van der Waals surface area (Å²) in [5.41, 5.74) is 0.844. The number of anilines is 1. The van der Waals surface area contributed by atoms with Crippen molar-refractivity contribution in [2.24, 2.45) is 5.92 Å². The predicted octanol–water partition coefficient (Wildman–Crippen LogP) is 1.55. The lowest BCUT2D eigenvalue weighted by Gasteiger charge is -2.08. The fourth-order valence-electron chi connectivity index (χ4n) is 1.03. The van der Waals surface area contributed by atoms with Crippen molar-refractivity contribution in [3.63, 3.8) is 0 Å². The van der Waals surface area contributed by atoms with Crippen molar-refractivity contribution < 1.29 is 8.42 Å². The van der Waals surface area contributed by atoms with E-state index in [4.69, 9.17) is 0 Å². The molecular weight excluding hydrogens is 212 g/mol. The fourth-order valence-corrected chi connectivity index (χ4v) is 1.59. The first-order valence-corrected chi connectivity index (χ1v) is 6.68. The molecule has 84 valence electrons. The van der Waals surface area contributed by atoms with Gasteiger partial charge in [0.2, 0.25) is 0 Å². The number of rotatable bonds is 4. The molecule has 4 nitrogen and oxygen atoms in total. The Morgan fingerprint density at radius 2 is 2.07 bits per heavy atom. The Labute approximate surface area is 90.7 Å². The van der Waals surface area contributed by atoms with E-state index in [1.807, 2.05) is 0 Å². The van der Waals surface area contributed by atoms with Gasteiger partial charge in [-0.1, -0.05) is 13.8 Å². The first kappa shape index (κ1) is 12.0. The molecule has 1 heterocycles. The second-order valence-electron chi connectivity index (χ2n) is 3.93. The van der Waals surface area contributed by atoms with Gasteiger partial charge in [0.1, 0.15) is 0 Å². The molecule has 0 spiro atoms. The molecule has 0 fully saturated rings. The smallest absolute Gasteiger partial charge is 0.192 e. The third kappa shape index (κ3) is 3.87. The van der Waals surface area contributed by atoms with E-state index in [2.05, 4.69) is 24.1 Å². The minimum atomic E-state index is -3.19. The van der Waals surface area contributed by atoms with Crippen molar-refractivity contribution >= 4 is 15.5 Å². The van der Waals surface area contributed by atoms with Crippen molar-refractivity contribution in [1.82, 2.24) is 4.98 Å². The molecule has 0 atom stereocenters. The van der Waals surface area contributed by atoms with Crippen LogP contribution < -0.4 is 5.32 Å². The van der Waals surface area contributed by atoms with Gasteiger partial charge in [-0.2, -0.15) is 0 Å². The van der Waals surface area contributed by atoms with Crippen molar-refractivity contribution in [2.75, 3.05) is 18.1 Å². The van der Waals surface area contributed by atoms with Crippen LogP contribution in [-0.2, 0) is 9.84 Å². The lowest BCUT2D eigenvalue weighted by molar-refractivity contribution is 0.598. The van der Waals surface area contributed by atoms with E-state index in [9.17, 15) is 8.42 Å². The van der Waals surface area contributed by atoms with Crippen LogP contribution in [0.5, 0.6) is 0 Å². The van der Waals surface area contributed by atoms with Gasteiger partial charge in [0.25, 0.3) is 0 Å². The third-order valence-corrected chi connectivity index (χ3v) is 2.83. The standard InChI is InChI=1S/C10H16N2O2S/c1-8(2)6-11-9-4-5-10(12-7-9)15(3,13)14/h4-5,7-8,11H,6H2,1-3H3. The SMILES string of the molecule is CC(C)CNc1ccc(S(C)(=O)=O)nc1. The van der Waals surface area contributed by atoms with Gasteiger partial charge in [-0.25, -0.2) is 13.4 Å². The van der Waals surface area contributed by atoms with Crippen molar-refractivity contribution in [2.45, 2.75) is 18.9 Å². The Bertz CT molecular complexity index is 410. The first-order chi connectivity index (χ1) is 6.89. The molecule has 0 unspecified atom stereocenters. The number of nitrogens with zero attached hydrogens (tertiary/aromatic N) is 1. The summed E-state index contributed by atoms with van der Waals surface area (Å²) >= 11 is 0. The predicted molar refractivity (Wildman–Crippen MR) is 60.7 cm³/mol. The molecule has 0 aliphatic heterocycles. The van der Waals surface area contributed by atoms with E-state index < -0.39 is 9.84 Å². The van der Waals surface area contributed by atoms with Crippen LogP contribution in [-0.4, -0.2) is 26.2 Å². The molecule has 0 aromatic carbocycles. The average Bonchev–Trinajstić information content (AvgIpc) is 2.14. The van der Waals surface area contributed by atoms with Gasteiger partial charge in [-0.15, -0.1) is 0 Å². The molecule has 5 heteroatoms. The molecule has 15 heavy (non-hydrogen) atoms. The summed E-state index contributed by atoms with van der Waals surface area (Å²) in [5, 5.41) is 3.27. The van der Waals surface area contributed by atoms with Gasteiger partial charge in [0.05, 0.1) is 11.9 Å². The highest BCUT2D eigenvalue weighted by Gasteiger charge is 2.07. The van der Waals surface area contributed by atoms with Gasteiger partial charge in [0, 0.05) is 12.8 Å². The highest BCUT2D eigenvalue weighted by atomic mass is 32.2. The fraction of sp³-hybridized carbons (Fsp3) is 0.500. The first-order valence-electron chi connectivity index (χ1n) is 4.79. The molecule has 0 aliphatic carbocycles. The van der Waals surface area contributed by atoms with Gasteiger partial charge >= 0.3 is 0 Å². The van der Waals surface area contributed by atoms with Crippen LogP contribution in [0.2, 0.25) is 0 Å². The number of hydrogen-bond acceptors (Lipinski definition) is 4. The summed E-state index contributed by atoms with van der Waals surface area (Å²) in [7, 11) is -3.19. The molecule has 0 radical (unpaired) electrons. The maximum Gasteiger partial charge on any atom is 0.192 e. The van der Waals surface area contributed by atoms with Gasteiger partial charge in [0.15, 0.2) is 14.9 Å². The van der Waals surface area contributed by atoms with Crippen LogP contribution in [0.1, 0.15) is 13.8 Å². The highest BCUT2D eigenvalue weighted by Crippen LogP contribution is 2.10. The van der Waals surface area contributed by atoms with Crippen molar-refractivity contribution in [1.29, 1.82) is 0 Å². The zero-order chi connectivity index (χ0) is 11.5. The van der Waals surface area contributed by atoms with Crippen molar-refractivity contribution in [3.8, 4) is 0 Å². The van der Waals surface area contributed by atoms with Crippen LogP contribution in [0.25, 0.3) is 0 Å². The van der Waals surface area contributed by atoms with E-state index >= 15 is 0 Å². The maximum absolute atomic E-state index is 11.1. The summed E-state index contributed by atoms with van der Waals surface area (Å²) in [4.78, 5) is 3.88. The molecule has 0 bridgehead atoms. The molecule has 0 saturated heterocycles. The number of sulfone groups is 1. The average molecular weight is 228 g/mol. The Kier molecular flexibility index (Phi) is 3.68. The molecular formula is C10H16N2O2S. The van der Waals surface area contributed by atoms with Gasteiger partial charge in [-0.3, -0.25) is 0 Å². The van der Waals surface area contributed by atoms with E-state index in [1.165, 1.54) is 6.07 Å². The summed E-state index contributed by atoms with van der Waals surface area (Å²) in [6.45, 7) is 5.05. The molecule has 0 aliphatic rings. The maximum atomic E-state index is 11.1. The minimum absolute atomic E-state index is 0.109. The normalized spacial score (nSPS) is 11.7. The van der Waals surface area contributed by atoms with Crippen LogP contribution in [0.4, 0.5) is 5.69 Å². The zero-order valence-electron chi connectivity index (χ0n) is 9.19. The Morgan fingerprint density at radius 1 is 1.40 bits per heavy atom. The largest absolute Gasteiger partial charge is 0.384 e. The van der Waals surface area contributed by atoms with E-state index in [0.29, 0.717) is 5.92 Å². The van der Waals surface area contributed by atoms with Crippen molar-refractivity contribution in [3.05, 3.63) is 18.3 Å². The van der Waals surface area contributed by atoms with Gasteiger partial charge < -0.3 is 5.32 Å². The second kappa shape index (κ2) is 4.61. The monoisotopic (exact) mass is 228 g/mol. The number of aromatic nitrogens is 1. The number of pyridine rings is 1. The minimum Gasteiger partial charge on any atom is -0.384 e. The quantitative estimate of drug-likeness (QED) is 0.849. The molecule has 1 aromatic rings. The van der Waals surface area contributed by atoms with E-state index in [1.54, 1.807) is 12.3 Å². The Hall–Kier alpha value is -1.10. The summed E-state index contributed by atoms with van der Waals surface area (Å²) < 4.78 is 22.3. The van der Waals surface area contributed by atoms with Crippen LogP contribution in [0.3, 0.4) is 0 Å². The lowest BCUT2D eigenvalue weighted by Crippen LogP contribution is -2.08. The molecule has 1 aromatic heterocycles. The summed E-state index contributed by atoms with van der Waals surface area (Å²) in [5.74, 6) is 0.541. The van der Waals surface area contributed by atoms with Crippen LogP contribution in [0.15, 0.2) is 23.4 Å². The van der Waals surface area contributed by atoms with Crippen LogP contribution >= 0.6 is 0 Å². The number of nitrogens with one attached hydrogen (secondary N) is 1. The molecule has 0 amide bonds. The molecule has 0 saturated carbocycles. The molecule has 1 rings (SSSR count). The van der Waals surface area contributed by atoms with E-state index in [-0.39, 0.29) is 5.03 Å². The topological polar surface area (TPSA) is 59.1 Å². The summed E-state index contributed by atoms with van der Waals surface area (Å²) in [6, 6.07) is 3.24. The molecule has 1 N–H and O–H groups in total. The van der Waals surface area contributed by atoms with Gasteiger partial charge in [-0.05, 0) is 18.1 Å².